The molecule has 0 amide bonds. The molecule has 0 saturated heterocycles. The van der Waals surface area contributed by atoms with Crippen LogP contribution >= 0.6 is 7.14 Å². The van der Waals surface area contributed by atoms with E-state index in [0.29, 0.717) is 0 Å². The lowest BCUT2D eigenvalue weighted by Crippen LogP contribution is -2.36. The maximum Gasteiger partial charge on any atom is 0.132 e. The lowest BCUT2D eigenvalue weighted by atomic mass is 9.92. The lowest BCUT2D eigenvalue weighted by Gasteiger charge is -2.42. The van der Waals surface area contributed by atoms with Gasteiger partial charge in [0.15, 0.2) is 0 Å². The molecule has 2 aliphatic rings. The van der Waals surface area contributed by atoms with Crippen LogP contribution in [0.2, 0.25) is 0 Å². The summed E-state index contributed by atoms with van der Waals surface area (Å²) in [6, 6.07) is 34.5. The molecule has 5 aromatic carbocycles. The summed E-state index contributed by atoms with van der Waals surface area (Å²) in [5, 5.41) is 7.41. The van der Waals surface area contributed by atoms with E-state index in [1.165, 1.54) is 16.3 Å². The Balaban J connectivity index is 1.38. The van der Waals surface area contributed by atoms with E-state index in [2.05, 4.69) is 160 Å². The monoisotopic (exact) mass is 587 g/mol. The SMILES string of the molecule is CC1C=CC=CC1P(=O)(c1ccc(-c2c3ccc4ccccc4c3nc3c2ccc2ccccc23)cc1)C1(C)C=CC=CC1. The molecule has 0 radical (unpaired) electrons. The molecule has 4 unspecified atom stereocenters. The molecular formula is C41H34NOP. The maximum absolute atomic E-state index is 15.6. The molecular weight excluding hydrogens is 553 g/mol. The van der Waals surface area contributed by atoms with Gasteiger partial charge in [-0.05, 0) is 35.6 Å². The third-order valence-electron chi connectivity index (χ3n) is 9.89. The summed E-state index contributed by atoms with van der Waals surface area (Å²) < 4.78 is 15.6. The Labute approximate surface area is 258 Å². The number of fused-ring (bicyclic) bond motifs is 6. The van der Waals surface area contributed by atoms with E-state index in [1.54, 1.807) is 0 Å². The second kappa shape index (κ2) is 10.3. The summed E-state index contributed by atoms with van der Waals surface area (Å²) in [5.74, 6) is 0.191. The second-order valence-electron chi connectivity index (χ2n) is 12.5. The van der Waals surface area contributed by atoms with E-state index in [-0.39, 0.29) is 11.6 Å². The molecule has 0 fully saturated rings. The Hall–Kier alpha value is -4.52. The summed E-state index contributed by atoms with van der Waals surface area (Å²) in [5.41, 5.74) is 4.25. The molecule has 0 N–H and O–H groups in total. The number of allylic oxidation sites excluding steroid dienone is 8. The third-order valence-corrected chi connectivity index (χ3v) is 14.3. The molecule has 6 aromatic rings. The minimum atomic E-state index is -2.95. The Morgan fingerprint density at radius 2 is 1.30 bits per heavy atom. The highest BCUT2D eigenvalue weighted by atomic mass is 31.2. The van der Waals surface area contributed by atoms with Crippen molar-refractivity contribution in [3.8, 4) is 11.1 Å². The zero-order valence-corrected chi connectivity index (χ0v) is 25.9. The number of hydrogen-bond acceptors (Lipinski definition) is 2. The molecule has 2 aliphatic carbocycles. The second-order valence-corrected chi connectivity index (χ2v) is 16.0. The zero-order valence-electron chi connectivity index (χ0n) is 25.0. The molecule has 4 atom stereocenters. The van der Waals surface area contributed by atoms with E-state index >= 15 is 4.57 Å². The fourth-order valence-electron chi connectivity index (χ4n) is 7.50. The number of nitrogens with zero attached hydrogens (tertiary/aromatic N) is 1. The highest BCUT2D eigenvalue weighted by Crippen LogP contribution is 2.66. The van der Waals surface area contributed by atoms with Gasteiger partial charge in [-0.15, -0.1) is 0 Å². The average molecular weight is 588 g/mol. The Morgan fingerprint density at radius 1 is 0.682 bits per heavy atom. The van der Waals surface area contributed by atoms with Gasteiger partial charge in [0.05, 0.1) is 11.0 Å². The first-order valence-electron chi connectivity index (χ1n) is 15.5. The Kier molecular flexibility index (Phi) is 6.33. The predicted octanol–water partition coefficient (Wildman–Crippen LogP) is 10.8. The fourth-order valence-corrected chi connectivity index (χ4v) is 11.5. The van der Waals surface area contributed by atoms with E-state index in [0.717, 1.165) is 49.9 Å². The molecule has 1 aromatic heterocycles. The van der Waals surface area contributed by atoms with Crippen LogP contribution in [-0.2, 0) is 4.57 Å². The zero-order chi connectivity index (χ0) is 29.9. The number of hydrogen-bond donors (Lipinski definition) is 0. The first-order chi connectivity index (χ1) is 21.5. The van der Waals surface area contributed by atoms with Gasteiger partial charge in [-0.25, -0.2) is 4.98 Å². The van der Waals surface area contributed by atoms with Crippen molar-refractivity contribution >= 4 is 55.8 Å². The van der Waals surface area contributed by atoms with Crippen LogP contribution in [0.3, 0.4) is 0 Å². The van der Waals surface area contributed by atoms with Crippen molar-refractivity contribution in [2.75, 3.05) is 0 Å². The van der Waals surface area contributed by atoms with Crippen molar-refractivity contribution in [1.82, 2.24) is 4.98 Å². The van der Waals surface area contributed by atoms with Crippen molar-refractivity contribution in [2.24, 2.45) is 5.92 Å². The molecule has 214 valence electrons. The first-order valence-corrected chi connectivity index (χ1v) is 17.3. The van der Waals surface area contributed by atoms with Crippen LogP contribution < -0.4 is 5.30 Å². The van der Waals surface area contributed by atoms with Crippen molar-refractivity contribution in [3.63, 3.8) is 0 Å². The maximum atomic E-state index is 15.6. The van der Waals surface area contributed by atoms with E-state index < -0.39 is 12.3 Å². The molecule has 3 heteroatoms. The van der Waals surface area contributed by atoms with Gasteiger partial charge < -0.3 is 4.57 Å². The van der Waals surface area contributed by atoms with Crippen molar-refractivity contribution in [3.05, 3.63) is 146 Å². The standard InChI is InChI=1S/C41H34NOP/c1-28-12-4-9-17-37(28)44(43,41(2)26-10-3-11-27-41)32-22-18-31(19-23-32)38-35-24-20-29-13-5-7-15-33(29)39(35)42-40-34-16-8-6-14-30(34)21-25-36(38)40/h3-26,28,37H,27H2,1-2H3. The van der Waals surface area contributed by atoms with E-state index in [1.807, 2.05) is 0 Å². The van der Waals surface area contributed by atoms with Crippen LogP contribution in [0.15, 0.2) is 146 Å². The molecule has 8 rings (SSSR count). The quantitative estimate of drug-likeness (QED) is 0.117. The number of rotatable bonds is 4. The molecule has 0 bridgehead atoms. The average Bonchev–Trinajstić information content (AvgIpc) is 3.07. The van der Waals surface area contributed by atoms with E-state index in [9.17, 15) is 0 Å². The van der Waals surface area contributed by atoms with Crippen LogP contribution in [0.4, 0.5) is 0 Å². The molecule has 1 heterocycles. The van der Waals surface area contributed by atoms with Crippen molar-refractivity contribution < 1.29 is 4.57 Å². The molecule has 44 heavy (non-hydrogen) atoms. The van der Waals surface area contributed by atoms with Crippen molar-refractivity contribution in [2.45, 2.75) is 31.1 Å². The molecule has 2 nitrogen and oxygen atoms in total. The van der Waals surface area contributed by atoms with E-state index in [4.69, 9.17) is 4.98 Å². The summed E-state index contributed by atoms with van der Waals surface area (Å²) in [7, 11) is -2.95. The smallest absolute Gasteiger partial charge is 0.132 e. The normalized spacial score (nSPS) is 22.7. The van der Waals surface area contributed by atoms with Gasteiger partial charge >= 0.3 is 0 Å². The summed E-state index contributed by atoms with van der Waals surface area (Å²) in [4.78, 5) is 5.34. The van der Waals surface area contributed by atoms with Crippen molar-refractivity contribution in [1.29, 1.82) is 0 Å². The number of aromatic nitrogens is 1. The summed E-state index contributed by atoms with van der Waals surface area (Å²) >= 11 is 0. The minimum absolute atomic E-state index is 0.0557. The molecule has 0 aliphatic heterocycles. The Morgan fingerprint density at radius 3 is 1.89 bits per heavy atom. The lowest BCUT2D eigenvalue weighted by molar-refractivity contribution is 0.540. The van der Waals surface area contributed by atoms with Crippen LogP contribution in [0, 0.1) is 5.92 Å². The Bertz CT molecular complexity index is 2180. The number of benzene rings is 5. The van der Waals surface area contributed by atoms with Crippen LogP contribution in [-0.4, -0.2) is 15.8 Å². The topological polar surface area (TPSA) is 30.0 Å². The fraction of sp³-hybridized carbons (Fsp3) is 0.146. The largest absolute Gasteiger partial charge is 0.317 e. The van der Waals surface area contributed by atoms with Crippen LogP contribution in [0.1, 0.15) is 20.3 Å². The van der Waals surface area contributed by atoms with Gasteiger partial charge in [0.1, 0.15) is 7.14 Å². The summed E-state index contributed by atoms with van der Waals surface area (Å²) in [6.45, 7) is 4.38. The van der Waals surface area contributed by atoms with Gasteiger partial charge in [-0.1, -0.05) is 153 Å². The van der Waals surface area contributed by atoms with Crippen LogP contribution in [0.5, 0.6) is 0 Å². The predicted molar refractivity (Wildman–Crippen MR) is 189 cm³/mol. The highest BCUT2D eigenvalue weighted by molar-refractivity contribution is 7.74. The van der Waals surface area contributed by atoms with Gasteiger partial charge in [-0.2, -0.15) is 0 Å². The molecule has 0 spiro atoms. The third kappa shape index (κ3) is 4.01. The van der Waals surface area contributed by atoms with Crippen LogP contribution in [0.25, 0.3) is 54.5 Å². The molecule has 0 saturated carbocycles. The summed E-state index contributed by atoms with van der Waals surface area (Å²) in [6.07, 6.45) is 17.8. The van der Waals surface area contributed by atoms with Gasteiger partial charge in [0.2, 0.25) is 0 Å². The number of pyridine rings is 1. The highest BCUT2D eigenvalue weighted by Gasteiger charge is 2.49. The van der Waals surface area contributed by atoms with Gasteiger partial charge in [0.25, 0.3) is 0 Å². The first kappa shape index (κ1) is 27.1. The minimum Gasteiger partial charge on any atom is -0.317 e. The van der Waals surface area contributed by atoms with Gasteiger partial charge in [-0.3, -0.25) is 0 Å². The van der Waals surface area contributed by atoms with Gasteiger partial charge in [0, 0.05) is 43.2 Å².